The molecule has 1 aliphatic carbocycles. The maximum Gasteiger partial charge on any atom is 0.262 e. The number of ether oxygens (including phenoxy) is 2. The van der Waals surface area contributed by atoms with E-state index >= 15 is 0 Å². The van der Waals surface area contributed by atoms with E-state index in [4.69, 9.17) is 21.7 Å². The van der Waals surface area contributed by atoms with Gasteiger partial charge in [-0.2, -0.15) is 0 Å². The van der Waals surface area contributed by atoms with E-state index in [0.29, 0.717) is 39.3 Å². The molecule has 1 aromatic heterocycles. The van der Waals surface area contributed by atoms with Gasteiger partial charge in [-0.3, -0.25) is 14.2 Å². The normalized spacial score (nSPS) is 16.1. The molecule has 0 bridgehead atoms. The molecule has 166 valence electrons. The predicted octanol–water partition coefficient (Wildman–Crippen LogP) is 4.29. The SMILES string of the molecule is O=C(NC1CCCCCC1)c1ccc2c(=O)n(Cc3ccc4c(c3)OCO4)c(=S)[nH]c2c1. The number of amides is 1. The number of aromatic amines is 1. The van der Waals surface area contributed by atoms with Crippen molar-refractivity contribution in [3.8, 4) is 11.5 Å². The molecule has 1 saturated carbocycles. The van der Waals surface area contributed by atoms with Crippen LogP contribution in [0, 0.1) is 4.77 Å². The number of hydrogen-bond donors (Lipinski definition) is 2. The lowest BCUT2D eigenvalue weighted by Gasteiger charge is -2.16. The van der Waals surface area contributed by atoms with E-state index in [1.54, 1.807) is 18.2 Å². The zero-order valence-corrected chi connectivity index (χ0v) is 18.5. The molecule has 5 rings (SSSR count). The first-order chi connectivity index (χ1) is 15.6. The Hall–Kier alpha value is -3.13. The molecule has 2 N–H and O–H groups in total. The first kappa shape index (κ1) is 20.8. The van der Waals surface area contributed by atoms with Gasteiger partial charge in [0.2, 0.25) is 6.79 Å². The molecule has 7 nitrogen and oxygen atoms in total. The van der Waals surface area contributed by atoms with Crippen molar-refractivity contribution in [1.82, 2.24) is 14.9 Å². The molecule has 0 unspecified atom stereocenters. The molecule has 0 radical (unpaired) electrons. The van der Waals surface area contributed by atoms with E-state index < -0.39 is 0 Å². The molecule has 0 atom stereocenters. The maximum absolute atomic E-state index is 13.1. The molecule has 8 heteroatoms. The first-order valence-electron chi connectivity index (χ1n) is 11.0. The zero-order valence-electron chi connectivity index (χ0n) is 17.7. The van der Waals surface area contributed by atoms with Crippen LogP contribution in [0.4, 0.5) is 0 Å². The van der Waals surface area contributed by atoms with Crippen LogP contribution < -0.4 is 20.3 Å². The summed E-state index contributed by atoms with van der Waals surface area (Å²) in [4.78, 5) is 29.0. The van der Waals surface area contributed by atoms with Gasteiger partial charge in [-0.25, -0.2) is 0 Å². The van der Waals surface area contributed by atoms with Crippen molar-refractivity contribution in [3.05, 3.63) is 62.6 Å². The summed E-state index contributed by atoms with van der Waals surface area (Å²) >= 11 is 5.47. The van der Waals surface area contributed by atoms with Gasteiger partial charge in [-0.15, -0.1) is 0 Å². The van der Waals surface area contributed by atoms with Gasteiger partial charge in [0.25, 0.3) is 11.5 Å². The Morgan fingerprint density at radius 3 is 2.66 bits per heavy atom. The van der Waals surface area contributed by atoms with Crippen LogP contribution >= 0.6 is 12.2 Å². The van der Waals surface area contributed by atoms with Crippen molar-refractivity contribution in [2.45, 2.75) is 51.1 Å². The van der Waals surface area contributed by atoms with Crippen LogP contribution in [0.3, 0.4) is 0 Å². The van der Waals surface area contributed by atoms with E-state index in [0.717, 1.165) is 31.2 Å². The van der Waals surface area contributed by atoms with Crippen LogP contribution in [0.15, 0.2) is 41.2 Å². The van der Waals surface area contributed by atoms with Gasteiger partial charge in [0, 0.05) is 11.6 Å². The van der Waals surface area contributed by atoms with E-state index in [1.807, 2.05) is 18.2 Å². The standard InChI is InChI=1S/C24H25N3O4S/c28-22(25-17-5-3-1-2-4-6-17)16-8-9-18-19(12-16)26-24(32)27(23(18)29)13-15-7-10-20-21(11-15)31-14-30-20/h7-12,17H,1-6,13-14H2,(H,25,28)(H,26,32). The molecule has 2 heterocycles. The highest BCUT2D eigenvalue weighted by Gasteiger charge is 2.17. The number of fused-ring (bicyclic) bond motifs is 2. The lowest BCUT2D eigenvalue weighted by molar-refractivity contribution is 0.0933. The van der Waals surface area contributed by atoms with Gasteiger partial charge in [-0.1, -0.05) is 31.7 Å². The monoisotopic (exact) mass is 451 g/mol. The second-order valence-electron chi connectivity index (χ2n) is 8.43. The Bertz CT molecular complexity index is 1290. The highest BCUT2D eigenvalue weighted by Crippen LogP contribution is 2.32. The molecular formula is C24H25N3O4S. The minimum atomic E-state index is -0.197. The number of nitrogens with zero attached hydrogens (tertiary/aromatic N) is 1. The minimum Gasteiger partial charge on any atom is -0.454 e. The molecular weight excluding hydrogens is 426 g/mol. The number of carbonyl (C=O) groups excluding carboxylic acids is 1. The second-order valence-corrected chi connectivity index (χ2v) is 8.82. The number of rotatable bonds is 4. The summed E-state index contributed by atoms with van der Waals surface area (Å²) < 4.78 is 12.6. The van der Waals surface area contributed by atoms with Gasteiger partial charge in [0.15, 0.2) is 16.3 Å². The van der Waals surface area contributed by atoms with E-state index in [-0.39, 0.29) is 24.3 Å². The first-order valence-corrected chi connectivity index (χ1v) is 11.5. The molecule has 1 aliphatic heterocycles. The second kappa shape index (κ2) is 8.78. The van der Waals surface area contributed by atoms with Gasteiger partial charge in [-0.05, 0) is 61.0 Å². The quantitative estimate of drug-likeness (QED) is 0.457. The summed E-state index contributed by atoms with van der Waals surface area (Å²) in [6.07, 6.45) is 6.81. The average molecular weight is 452 g/mol. The fourth-order valence-corrected chi connectivity index (χ4v) is 4.71. The van der Waals surface area contributed by atoms with Crippen molar-refractivity contribution in [1.29, 1.82) is 0 Å². The molecule has 3 aromatic rings. The smallest absolute Gasteiger partial charge is 0.262 e. The molecule has 0 spiro atoms. The lowest BCUT2D eigenvalue weighted by atomic mass is 10.1. The summed E-state index contributed by atoms with van der Waals surface area (Å²) in [7, 11) is 0. The maximum atomic E-state index is 13.1. The Kier molecular flexibility index (Phi) is 5.70. The third-order valence-corrected chi connectivity index (χ3v) is 6.53. The molecule has 2 aromatic carbocycles. The number of benzene rings is 2. The Balaban J connectivity index is 1.41. The molecule has 32 heavy (non-hydrogen) atoms. The van der Waals surface area contributed by atoms with E-state index in [1.165, 1.54) is 17.4 Å². The third-order valence-electron chi connectivity index (χ3n) is 6.21. The predicted molar refractivity (Wildman–Crippen MR) is 124 cm³/mol. The Morgan fingerprint density at radius 2 is 1.84 bits per heavy atom. The van der Waals surface area contributed by atoms with Crippen LogP contribution in [0.2, 0.25) is 0 Å². The average Bonchev–Trinajstić information content (AvgIpc) is 3.11. The summed E-state index contributed by atoms with van der Waals surface area (Å²) in [5, 5.41) is 3.64. The van der Waals surface area contributed by atoms with Crippen molar-refractivity contribution < 1.29 is 14.3 Å². The summed E-state index contributed by atoms with van der Waals surface area (Å²) in [6, 6.07) is 10.9. The largest absolute Gasteiger partial charge is 0.454 e. The van der Waals surface area contributed by atoms with Crippen molar-refractivity contribution in [3.63, 3.8) is 0 Å². The minimum absolute atomic E-state index is 0.109. The van der Waals surface area contributed by atoms with Crippen LogP contribution in [0.5, 0.6) is 11.5 Å². The van der Waals surface area contributed by atoms with Crippen molar-refractivity contribution in [2.75, 3.05) is 6.79 Å². The van der Waals surface area contributed by atoms with Crippen molar-refractivity contribution in [2.24, 2.45) is 0 Å². The molecule has 2 aliphatic rings. The van der Waals surface area contributed by atoms with Gasteiger partial charge in [0.05, 0.1) is 17.4 Å². The van der Waals surface area contributed by atoms with Crippen LogP contribution in [0.25, 0.3) is 10.9 Å². The van der Waals surface area contributed by atoms with Crippen LogP contribution in [-0.2, 0) is 6.54 Å². The van der Waals surface area contributed by atoms with E-state index in [2.05, 4.69) is 10.3 Å². The number of aromatic nitrogens is 2. The topological polar surface area (TPSA) is 85.3 Å². The fourth-order valence-electron chi connectivity index (χ4n) is 4.45. The number of H-pyrrole nitrogens is 1. The van der Waals surface area contributed by atoms with Gasteiger partial charge < -0.3 is 19.8 Å². The summed E-state index contributed by atoms with van der Waals surface area (Å²) in [6.45, 7) is 0.510. The highest BCUT2D eigenvalue weighted by molar-refractivity contribution is 7.71. The van der Waals surface area contributed by atoms with E-state index in [9.17, 15) is 9.59 Å². The fraction of sp³-hybridized carbons (Fsp3) is 0.375. The van der Waals surface area contributed by atoms with Crippen LogP contribution in [0.1, 0.15) is 54.4 Å². The van der Waals surface area contributed by atoms with Crippen molar-refractivity contribution >= 4 is 29.0 Å². The lowest BCUT2D eigenvalue weighted by Crippen LogP contribution is -2.34. The Labute approximate surface area is 190 Å². The third kappa shape index (κ3) is 4.14. The van der Waals surface area contributed by atoms with Gasteiger partial charge in [0.1, 0.15) is 0 Å². The number of nitrogens with one attached hydrogen (secondary N) is 2. The molecule has 0 saturated heterocycles. The van der Waals surface area contributed by atoms with Gasteiger partial charge >= 0.3 is 0 Å². The Morgan fingerprint density at radius 1 is 1.06 bits per heavy atom. The highest BCUT2D eigenvalue weighted by atomic mass is 32.1. The molecule has 1 amide bonds. The summed E-state index contributed by atoms with van der Waals surface area (Å²) in [5.74, 6) is 1.25. The van der Waals surface area contributed by atoms with Crippen LogP contribution in [-0.4, -0.2) is 28.3 Å². The zero-order chi connectivity index (χ0) is 22.1. The summed E-state index contributed by atoms with van der Waals surface area (Å²) in [5.41, 5.74) is 1.78. The number of carbonyl (C=O) groups is 1. The number of hydrogen-bond acceptors (Lipinski definition) is 5. The molecule has 1 fully saturated rings.